The number of benzene rings is 1. The molecule has 1 aliphatic rings. The summed E-state index contributed by atoms with van der Waals surface area (Å²) in [7, 11) is 0. The molecule has 1 aromatic carbocycles. The smallest absolute Gasteiger partial charge is 0.303 e. The van der Waals surface area contributed by atoms with Crippen molar-refractivity contribution in [2.45, 2.75) is 25.8 Å². The van der Waals surface area contributed by atoms with Gasteiger partial charge >= 0.3 is 5.97 Å². The summed E-state index contributed by atoms with van der Waals surface area (Å²) < 4.78 is 2.28. The van der Waals surface area contributed by atoms with Crippen molar-refractivity contribution in [3.8, 4) is 0 Å². The molecule has 0 amide bonds. The molecule has 0 radical (unpaired) electrons. The third kappa shape index (κ3) is 1.82. The van der Waals surface area contributed by atoms with E-state index in [1.165, 1.54) is 16.6 Å². The first kappa shape index (κ1) is 10.4. The maximum absolute atomic E-state index is 10.8. The molecule has 1 aliphatic heterocycles. The van der Waals surface area contributed by atoms with Crippen LogP contribution in [0.15, 0.2) is 30.3 Å². The lowest BCUT2D eigenvalue weighted by Gasteiger charge is -2.24. The second kappa shape index (κ2) is 3.91. The van der Waals surface area contributed by atoms with Crippen LogP contribution in [-0.2, 0) is 17.8 Å². The van der Waals surface area contributed by atoms with Crippen molar-refractivity contribution in [1.29, 1.82) is 0 Å². The van der Waals surface area contributed by atoms with Gasteiger partial charge < -0.3 is 9.67 Å². The first-order chi connectivity index (χ1) is 8.24. The van der Waals surface area contributed by atoms with E-state index in [-0.39, 0.29) is 12.3 Å². The Hall–Kier alpha value is -1.77. The first-order valence-corrected chi connectivity index (χ1v) is 6.03. The molecule has 3 rings (SSSR count). The average molecular weight is 229 g/mol. The summed E-state index contributed by atoms with van der Waals surface area (Å²) in [5.41, 5.74) is 2.57. The second-order valence-electron chi connectivity index (χ2n) is 4.81. The van der Waals surface area contributed by atoms with Crippen molar-refractivity contribution >= 4 is 16.9 Å². The Bertz CT molecular complexity index is 571. The lowest BCUT2D eigenvalue weighted by molar-refractivity contribution is -0.138. The molecule has 1 unspecified atom stereocenters. The van der Waals surface area contributed by atoms with Crippen LogP contribution in [0.25, 0.3) is 10.9 Å². The predicted octanol–water partition coefficient (Wildman–Crippen LogP) is 2.68. The number of hydrogen-bond donors (Lipinski definition) is 1. The van der Waals surface area contributed by atoms with Gasteiger partial charge in [0.05, 0.1) is 0 Å². The standard InChI is InChI=1S/C14H15NO2/c16-14(17)7-10-5-6-12-8-11-3-1-2-4-13(11)15(12)9-10/h1-4,8,10H,5-7,9H2,(H,16,17). The van der Waals surface area contributed by atoms with Crippen molar-refractivity contribution in [2.24, 2.45) is 5.92 Å². The number of para-hydroxylation sites is 1. The van der Waals surface area contributed by atoms with Crippen LogP contribution in [-0.4, -0.2) is 15.6 Å². The minimum Gasteiger partial charge on any atom is -0.481 e. The van der Waals surface area contributed by atoms with Crippen LogP contribution in [0.2, 0.25) is 0 Å². The zero-order valence-electron chi connectivity index (χ0n) is 9.60. The van der Waals surface area contributed by atoms with E-state index in [4.69, 9.17) is 5.11 Å². The predicted molar refractivity (Wildman–Crippen MR) is 66.0 cm³/mol. The summed E-state index contributed by atoms with van der Waals surface area (Å²) in [5.74, 6) is -0.411. The van der Waals surface area contributed by atoms with E-state index in [1.54, 1.807) is 0 Å². The molecule has 0 saturated carbocycles. The fraction of sp³-hybridized carbons (Fsp3) is 0.357. The Labute approximate surface area is 99.7 Å². The van der Waals surface area contributed by atoms with Crippen LogP contribution in [0.1, 0.15) is 18.5 Å². The molecule has 1 atom stereocenters. The molecule has 17 heavy (non-hydrogen) atoms. The highest BCUT2D eigenvalue weighted by Crippen LogP contribution is 2.29. The van der Waals surface area contributed by atoms with Crippen LogP contribution in [0.3, 0.4) is 0 Å². The fourth-order valence-corrected chi connectivity index (χ4v) is 2.81. The molecule has 1 aromatic heterocycles. The molecule has 0 bridgehead atoms. The summed E-state index contributed by atoms with van der Waals surface area (Å²) in [5, 5.41) is 10.1. The van der Waals surface area contributed by atoms with Crippen molar-refractivity contribution < 1.29 is 9.90 Å². The highest BCUT2D eigenvalue weighted by atomic mass is 16.4. The molecule has 2 heterocycles. The normalized spacial score (nSPS) is 19.2. The molecule has 0 spiro atoms. The average Bonchev–Trinajstić information content (AvgIpc) is 2.66. The van der Waals surface area contributed by atoms with E-state index >= 15 is 0 Å². The van der Waals surface area contributed by atoms with Gasteiger partial charge in [-0.05, 0) is 36.3 Å². The topological polar surface area (TPSA) is 42.2 Å². The van der Waals surface area contributed by atoms with Gasteiger partial charge in [0.15, 0.2) is 0 Å². The molecule has 3 heteroatoms. The molecule has 1 N–H and O–H groups in total. The second-order valence-corrected chi connectivity index (χ2v) is 4.81. The van der Waals surface area contributed by atoms with E-state index < -0.39 is 5.97 Å². The Morgan fingerprint density at radius 1 is 1.41 bits per heavy atom. The molecule has 88 valence electrons. The molecule has 0 fully saturated rings. The number of nitrogens with zero attached hydrogens (tertiary/aromatic N) is 1. The first-order valence-electron chi connectivity index (χ1n) is 6.03. The van der Waals surface area contributed by atoms with Gasteiger partial charge in [-0.1, -0.05) is 18.2 Å². The number of carboxylic acids is 1. The van der Waals surface area contributed by atoms with Crippen LogP contribution in [0, 0.1) is 5.92 Å². The van der Waals surface area contributed by atoms with Gasteiger partial charge in [0.25, 0.3) is 0 Å². The van der Waals surface area contributed by atoms with Crippen molar-refractivity contribution in [3.63, 3.8) is 0 Å². The summed E-state index contributed by atoms with van der Waals surface area (Å²) in [6, 6.07) is 10.5. The fourth-order valence-electron chi connectivity index (χ4n) is 2.81. The number of carbonyl (C=O) groups is 1. The Kier molecular flexibility index (Phi) is 2.39. The number of aryl methyl sites for hydroxylation is 1. The zero-order chi connectivity index (χ0) is 11.8. The monoisotopic (exact) mass is 229 g/mol. The van der Waals surface area contributed by atoms with E-state index in [0.717, 1.165) is 19.4 Å². The van der Waals surface area contributed by atoms with Gasteiger partial charge in [0.2, 0.25) is 0 Å². The molecule has 2 aromatic rings. The van der Waals surface area contributed by atoms with Gasteiger partial charge in [0.1, 0.15) is 0 Å². The Morgan fingerprint density at radius 2 is 2.24 bits per heavy atom. The minimum absolute atomic E-state index is 0.274. The third-order valence-electron chi connectivity index (χ3n) is 3.61. The summed E-state index contributed by atoms with van der Waals surface area (Å²) in [4.78, 5) is 10.8. The van der Waals surface area contributed by atoms with Crippen LogP contribution >= 0.6 is 0 Å². The molecular formula is C14H15NO2. The highest BCUT2D eigenvalue weighted by Gasteiger charge is 2.22. The SMILES string of the molecule is O=C(O)CC1CCc2cc3ccccc3n2C1. The number of aromatic nitrogens is 1. The maximum atomic E-state index is 10.8. The molecule has 3 nitrogen and oxygen atoms in total. The van der Waals surface area contributed by atoms with Gasteiger partial charge in [0, 0.05) is 24.2 Å². The van der Waals surface area contributed by atoms with Crippen molar-refractivity contribution in [2.75, 3.05) is 0 Å². The maximum Gasteiger partial charge on any atom is 0.303 e. The molecule has 0 saturated heterocycles. The number of carboxylic acid groups (broad SMARTS) is 1. The highest BCUT2D eigenvalue weighted by molar-refractivity contribution is 5.81. The molecular weight excluding hydrogens is 214 g/mol. The lowest BCUT2D eigenvalue weighted by atomic mass is 9.95. The number of rotatable bonds is 2. The van der Waals surface area contributed by atoms with E-state index in [9.17, 15) is 4.79 Å². The summed E-state index contributed by atoms with van der Waals surface area (Å²) in [6.07, 6.45) is 2.27. The zero-order valence-corrected chi connectivity index (χ0v) is 9.60. The van der Waals surface area contributed by atoms with Gasteiger partial charge in [-0.25, -0.2) is 0 Å². The van der Waals surface area contributed by atoms with Gasteiger partial charge in [-0.15, -0.1) is 0 Å². The van der Waals surface area contributed by atoms with E-state index in [1.807, 2.05) is 12.1 Å². The van der Waals surface area contributed by atoms with Crippen LogP contribution in [0.5, 0.6) is 0 Å². The molecule has 0 aliphatic carbocycles. The lowest BCUT2D eigenvalue weighted by Crippen LogP contribution is -2.21. The summed E-state index contributed by atoms with van der Waals surface area (Å²) >= 11 is 0. The van der Waals surface area contributed by atoms with E-state index in [0.29, 0.717) is 0 Å². The number of aliphatic carboxylic acids is 1. The van der Waals surface area contributed by atoms with Crippen LogP contribution in [0.4, 0.5) is 0 Å². The Morgan fingerprint density at radius 3 is 3.06 bits per heavy atom. The van der Waals surface area contributed by atoms with Gasteiger partial charge in [-0.2, -0.15) is 0 Å². The Balaban J connectivity index is 1.97. The van der Waals surface area contributed by atoms with Crippen molar-refractivity contribution in [1.82, 2.24) is 4.57 Å². The number of fused-ring (bicyclic) bond motifs is 3. The summed E-state index contributed by atoms with van der Waals surface area (Å²) in [6.45, 7) is 0.842. The van der Waals surface area contributed by atoms with Gasteiger partial charge in [-0.3, -0.25) is 4.79 Å². The largest absolute Gasteiger partial charge is 0.481 e. The minimum atomic E-state index is -0.685. The quantitative estimate of drug-likeness (QED) is 0.860. The van der Waals surface area contributed by atoms with Crippen LogP contribution < -0.4 is 0 Å². The number of hydrogen-bond acceptors (Lipinski definition) is 1. The van der Waals surface area contributed by atoms with Crippen molar-refractivity contribution in [3.05, 3.63) is 36.0 Å². The van der Waals surface area contributed by atoms with E-state index in [2.05, 4.69) is 22.8 Å². The third-order valence-corrected chi connectivity index (χ3v) is 3.61.